The second kappa shape index (κ2) is 5.98. The lowest BCUT2D eigenvalue weighted by Crippen LogP contribution is -2.12. The normalized spacial score (nSPS) is 13.0. The topological polar surface area (TPSA) is 26.3 Å². The van der Waals surface area contributed by atoms with Gasteiger partial charge in [0.05, 0.1) is 4.47 Å². The van der Waals surface area contributed by atoms with Crippen molar-refractivity contribution in [2.45, 2.75) is 19.3 Å². The second-order valence-corrected chi connectivity index (χ2v) is 5.98. The van der Waals surface area contributed by atoms with Crippen molar-refractivity contribution in [2.24, 2.45) is 0 Å². The van der Waals surface area contributed by atoms with Crippen LogP contribution in [0.1, 0.15) is 27.9 Å². The quantitative estimate of drug-likeness (QED) is 0.768. The molecule has 3 rings (SSSR count). The van der Waals surface area contributed by atoms with E-state index < -0.39 is 0 Å². The number of halogens is 2. The zero-order valence-corrected chi connectivity index (χ0v) is 13.0. The first-order valence-corrected chi connectivity index (χ1v) is 7.65. The van der Waals surface area contributed by atoms with Crippen molar-refractivity contribution in [1.29, 1.82) is 0 Å². The van der Waals surface area contributed by atoms with E-state index in [1.807, 2.05) is 18.2 Å². The van der Waals surface area contributed by atoms with Crippen LogP contribution < -0.4 is 4.74 Å². The van der Waals surface area contributed by atoms with Gasteiger partial charge in [-0.1, -0.05) is 12.1 Å². The highest BCUT2D eigenvalue weighted by molar-refractivity contribution is 9.10. The molecule has 0 radical (unpaired) electrons. The van der Waals surface area contributed by atoms with Crippen LogP contribution in [0.2, 0.25) is 0 Å². The van der Waals surface area contributed by atoms with E-state index in [4.69, 9.17) is 4.74 Å². The van der Waals surface area contributed by atoms with Crippen LogP contribution in [0, 0.1) is 5.82 Å². The van der Waals surface area contributed by atoms with Crippen LogP contribution in [-0.4, -0.2) is 12.4 Å². The van der Waals surface area contributed by atoms with Crippen LogP contribution in [0.3, 0.4) is 0 Å². The molecule has 0 spiro atoms. The zero-order chi connectivity index (χ0) is 14.8. The van der Waals surface area contributed by atoms with Gasteiger partial charge in [0.25, 0.3) is 0 Å². The van der Waals surface area contributed by atoms with E-state index in [1.54, 1.807) is 0 Å². The Bertz CT molecular complexity index is 697. The summed E-state index contributed by atoms with van der Waals surface area (Å²) in [6, 6.07) is 9.98. The lowest BCUT2D eigenvalue weighted by molar-refractivity contribution is 0.0921. The summed E-state index contributed by atoms with van der Waals surface area (Å²) in [5, 5.41) is 0. The minimum absolute atomic E-state index is 0.0526. The van der Waals surface area contributed by atoms with Gasteiger partial charge in [0.15, 0.2) is 12.4 Å². The molecule has 21 heavy (non-hydrogen) atoms. The molecule has 0 bridgehead atoms. The Balaban J connectivity index is 1.69. The van der Waals surface area contributed by atoms with E-state index in [2.05, 4.69) is 15.9 Å². The monoisotopic (exact) mass is 348 g/mol. The molecule has 0 aromatic heterocycles. The van der Waals surface area contributed by atoms with Gasteiger partial charge in [-0.2, -0.15) is 0 Å². The number of fused-ring (bicyclic) bond motifs is 1. The van der Waals surface area contributed by atoms with Crippen molar-refractivity contribution in [3.63, 3.8) is 0 Å². The van der Waals surface area contributed by atoms with E-state index >= 15 is 0 Å². The Morgan fingerprint density at radius 3 is 2.76 bits per heavy atom. The van der Waals surface area contributed by atoms with Crippen molar-refractivity contribution in [3.05, 3.63) is 63.4 Å². The van der Waals surface area contributed by atoms with E-state index in [0.29, 0.717) is 15.8 Å². The summed E-state index contributed by atoms with van der Waals surface area (Å²) in [6.45, 7) is -0.0526. The third-order valence-electron chi connectivity index (χ3n) is 3.67. The van der Waals surface area contributed by atoms with E-state index in [0.717, 1.165) is 19.3 Å². The molecule has 0 fully saturated rings. The molecule has 0 N–H and O–H groups in total. The third-order valence-corrected chi connectivity index (χ3v) is 4.29. The highest BCUT2D eigenvalue weighted by Gasteiger charge is 2.14. The molecule has 4 heteroatoms. The molecule has 2 aromatic rings. The number of rotatable bonds is 4. The summed E-state index contributed by atoms with van der Waals surface area (Å²) in [5.74, 6) is 0.0472. The first-order chi connectivity index (χ1) is 10.1. The second-order valence-electron chi connectivity index (χ2n) is 5.12. The fourth-order valence-corrected chi connectivity index (χ4v) is 3.03. The molecule has 0 unspecified atom stereocenters. The van der Waals surface area contributed by atoms with Gasteiger partial charge in [0.1, 0.15) is 11.6 Å². The summed E-state index contributed by atoms with van der Waals surface area (Å²) in [7, 11) is 0. The van der Waals surface area contributed by atoms with Gasteiger partial charge < -0.3 is 4.74 Å². The number of benzene rings is 2. The molecule has 0 saturated carbocycles. The van der Waals surface area contributed by atoms with Crippen molar-refractivity contribution in [3.8, 4) is 5.75 Å². The Morgan fingerprint density at radius 2 is 1.95 bits per heavy atom. The molecule has 0 saturated heterocycles. The summed E-state index contributed by atoms with van der Waals surface area (Å²) in [6.07, 6.45) is 3.30. The number of ether oxygens (including phenoxy) is 1. The van der Waals surface area contributed by atoms with Crippen LogP contribution in [0.15, 0.2) is 40.9 Å². The number of carbonyl (C=O) groups excluding carboxylic acids is 1. The Hall–Kier alpha value is -1.68. The van der Waals surface area contributed by atoms with Crippen molar-refractivity contribution >= 4 is 21.7 Å². The number of ketones is 1. The highest BCUT2D eigenvalue weighted by Crippen LogP contribution is 2.26. The van der Waals surface area contributed by atoms with Gasteiger partial charge in [-0.3, -0.25) is 4.79 Å². The molecule has 2 nitrogen and oxygen atoms in total. The lowest BCUT2D eigenvalue weighted by atomic mass is 10.0. The highest BCUT2D eigenvalue weighted by atomic mass is 79.9. The lowest BCUT2D eigenvalue weighted by Gasteiger charge is -2.08. The van der Waals surface area contributed by atoms with E-state index in [9.17, 15) is 9.18 Å². The standard InChI is InChI=1S/C17H14BrFO2/c18-15-9-14(19)6-7-17(15)21-10-16(20)13-5-4-11-2-1-3-12(11)8-13/h4-9H,1-3,10H2. The van der Waals surface area contributed by atoms with Crippen LogP contribution in [0.4, 0.5) is 4.39 Å². The molecule has 0 amide bonds. The van der Waals surface area contributed by atoms with Crippen LogP contribution in [0.25, 0.3) is 0 Å². The van der Waals surface area contributed by atoms with Crippen LogP contribution in [-0.2, 0) is 12.8 Å². The smallest absolute Gasteiger partial charge is 0.200 e. The summed E-state index contributed by atoms with van der Waals surface area (Å²) < 4.78 is 19.0. The average molecular weight is 349 g/mol. The fourth-order valence-electron chi connectivity index (χ4n) is 2.56. The molecule has 0 atom stereocenters. The van der Waals surface area contributed by atoms with Gasteiger partial charge in [-0.25, -0.2) is 4.39 Å². The number of carbonyl (C=O) groups is 1. The number of hydrogen-bond donors (Lipinski definition) is 0. The average Bonchev–Trinajstić information content (AvgIpc) is 2.93. The van der Waals surface area contributed by atoms with E-state index in [1.165, 1.54) is 29.3 Å². The van der Waals surface area contributed by atoms with Crippen molar-refractivity contribution in [1.82, 2.24) is 0 Å². The zero-order valence-electron chi connectivity index (χ0n) is 11.4. The maximum Gasteiger partial charge on any atom is 0.200 e. The largest absolute Gasteiger partial charge is 0.484 e. The molecule has 1 aliphatic rings. The van der Waals surface area contributed by atoms with Crippen molar-refractivity contribution < 1.29 is 13.9 Å². The summed E-state index contributed by atoms with van der Waals surface area (Å²) in [5.41, 5.74) is 3.28. The fraction of sp³-hybridized carbons (Fsp3) is 0.235. The minimum atomic E-state index is -0.348. The van der Waals surface area contributed by atoms with Gasteiger partial charge in [0.2, 0.25) is 0 Å². The third kappa shape index (κ3) is 3.16. The number of hydrogen-bond acceptors (Lipinski definition) is 2. The maximum absolute atomic E-state index is 13.0. The first kappa shape index (κ1) is 14.3. The molecule has 108 valence electrons. The van der Waals surface area contributed by atoms with Crippen molar-refractivity contribution in [2.75, 3.05) is 6.61 Å². The molecule has 0 heterocycles. The van der Waals surface area contributed by atoms with Gasteiger partial charge in [0, 0.05) is 5.56 Å². The molecular formula is C17H14BrFO2. The Kier molecular flexibility index (Phi) is 4.06. The van der Waals surface area contributed by atoms with Crippen LogP contribution >= 0.6 is 15.9 Å². The SMILES string of the molecule is O=C(COc1ccc(F)cc1Br)c1ccc2c(c1)CCC2. The molecule has 1 aliphatic carbocycles. The van der Waals surface area contributed by atoms with Gasteiger partial charge in [-0.15, -0.1) is 0 Å². The Morgan fingerprint density at radius 1 is 1.14 bits per heavy atom. The Labute approximate surface area is 131 Å². The minimum Gasteiger partial charge on any atom is -0.484 e. The maximum atomic E-state index is 13.0. The molecule has 2 aromatic carbocycles. The predicted molar refractivity (Wildman–Crippen MR) is 82.4 cm³/mol. The van der Waals surface area contributed by atoms with E-state index in [-0.39, 0.29) is 18.2 Å². The van der Waals surface area contributed by atoms with Crippen LogP contribution in [0.5, 0.6) is 5.75 Å². The molecular weight excluding hydrogens is 335 g/mol. The number of Topliss-reactive ketones (excluding diaryl/α,β-unsaturated/α-hetero) is 1. The predicted octanol–water partition coefficient (Wildman–Crippen LogP) is 4.34. The van der Waals surface area contributed by atoms with Gasteiger partial charge in [-0.05, 0) is 70.6 Å². The summed E-state index contributed by atoms with van der Waals surface area (Å²) >= 11 is 3.22. The first-order valence-electron chi connectivity index (χ1n) is 6.86. The van der Waals surface area contributed by atoms with Gasteiger partial charge >= 0.3 is 0 Å². The number of aryl methyl sites for hydroxylation is 2. The molecule has 0 aliphatic heterocycles. The summed E-state index contributed by atoms with van der Waals surface area (Å²) in [4.78, 5) is 12.2.